The molecule has 1 saturated carbocycles. The average molecular weight is 242 g/mol. The molecule has 6 nitrogen and oxygen atoms in total. The van der Waals surface area contributed by atoms with Gasteiger partial charge in [-0.3, -0.25) is 14.4 Å². The topological polar surface area (TPSA) is 95.5 Å². The van der Waals surface area contributed by atoms with Crippen LogP contribution in [0.1, 0.15) is 26.7 Å². The lowest BCUT2D eigenvalue weighted by Gasteiger charge is -2.21. The van der Waals surface area contributed by atoms with Crippen molar-refractivity contribution in [2.45, 2.75) is 26.7 Å². The zero-order valence-corrected chi connectivity index (χ0v) is 10.3. The van der Waals surface area contributed by atoms with Gasteiger partial charge in [-0.2, -0.15) is 0 Å². The average Bonchev–Trinajstić information content (AvgIpc) is 3.05. The molecule has 1 aliphatic carbocycles. The lowest BCUT2D eigenvalue weighted by Crippen LogP contribution is -2.46. The van der Waals surface area contributed by atoms with Gasteiger partial charge in [0.15, 0.2) is 0 Å². The smallest absolute Gasteiger partial charge is 0.310 e. The first-order chi connectivity index (χ1) is 7.76. The summed E-state index contributed by atoms with van der Waals surface area (Å²) in [6.07, 6.45) is 1.04. The number of hydrogen-bond donors (Lipinski definition) is 3. The fourth-order valence-electron chi connectivity index (χ4n) is 1.47. The first-order valence-corrected chi connectivity index (χ1v) is 5.50. The zero-order valence-electron chi connectivity index (χ0n) is 10.3. The second-order valence-corrected chi connectivity index (χ2v) is 5.03. The standard InChI is InChI=1S/C11H18N2O4/c1-10(2,9(16)17)6-13-8(15)11(4-5-11)7(14)12-3/h4-6H2,1-3H3,(H,12,14)(H,13,15)(H,16,17). The van der Waals surface area contributed by atoms with Gasteiger partial charge in [0.05, 0.1) is 5.41 Å². The molecule has 0 aromatic heterocycles. The largest absolute Gasteiger partial charge is 0.481 e. The molecule has 0 aliphatic heterocycles. The molecule has 0 spiro atoms. The van der Waals surface area contributed by atoms with Crippen molar-refractivity contribution >= 4 is 17.8 Å². The number of rotatable bonds is 5. The number of aliphatic carboxylic acids is 1. The number of hydrogen-bond acceptors (Lipinski definition) is 3. The van der Waals surface area contributed by atoms with Gasteiger partial charge in [0, 0.05) is 13.6 Å². The summed E-state index contributed by atoms with van der Waals surface area (Å²) >= 11 is 0. The van der Waals surface area contributed by atoms with Crippen molar-refractivity contribution in [1.82, 2.24) is 10.6 Å². The quantitative estimate of drug-likeness (QED) is 0.579. The van der Waals surface area contributed by atoms with E-state index < -0.39 is 16.8 Å². The fourth-order valence-corrected chi connectivity index (χ4v) is 1.47. The predicted molar refractivity (Wildman–Crippen MR) is 60.2 cm³/mol. The van der Waals surface area contributed by atoms with Gasteiger partial charge in [0.1, 0.15) is 5.41 Å². The third-order valence-corrected chi connectivity index (χ3v) is 3.12. The molecule has 1 rings (SSSR count). The number of carboxylic acid groups (broad SMARTS) is 1. The van der Waals surface area contributed by atoms with E-state index in [-0.39, 0.29) is 18.4 Å². The molecule has 1 fully saturated rings. The molecule has 0 radical (unpaired) electrons. The van der Waals surface area contributed by atoms with Crippen LogP contribution in [0.5, 0.6) is 0 Å². The monoisotopic (exact) mass is 242 g/mol. The van der Waals surface area contributed by atoms with E-state index in [0.29, 0.717) is 12.8 Å². The first-order valence-electron chi connectivity index (χ1n) is 5.50. The minimum atomic E-state index is -1.03. The molecule has 17 heavy (non-hydrogen) atoms. The van der Waals surface area contributed by atoms with Gasteiger partial charge in [0.25, 0.3) is 0 Å². The van der Waals surface area contributed by atoms with Crippen LogP contribution < -0.4 is 10.6 Å². The van der Waals surface area contributed by atoms with E-state index in [9.17, 15) is 14.4 Å². The summed E-state index contributed by atoms with van der Waals surface area (Å²) in [5, 5.41) is 13.9. The maximum Gasteiger partial charge on any atom is 0.310 e. The van der Waals surface area contributed by atoms with Gasteiger partial charge in [-0.15, -0.1) is 0 Å². The Bertz CT molecular complexity index is 358. The molecule has 0 atom stereocenters. The number of carbonyl (C=O) groups is 3. The zero-order chi connectivity index (χ0) is 13.3. The Hall–Kier alpha value is -1.59. The van der Waals surface area contributed by atoms with Crippen molar-refractivity contribution in [2.24, 2.45) is 10.8 Å². The minimum Gasteiger partial charge on any atom is -0.481 e. The third kappa shape index (κ3) is 2.57. The van der Waals surface area contributed by atoms with Crippen LogP contribution in [0.4, 0.5) is 0 Å². The molecular formula is C11H18N2O4. The van der Waals surface area contributed by atoms with Crippen LogP contribution in [-0.4, -0.2) is 36.5 Å². The molecule has 1 aliphatic rings. The van der Waals surface area contributed by atoms with Gasteiger partial charge in [-0.05, 0) is 26.7 Å². The molecule has 0 aromatic rings. The molecule has 0 unspecified atom stereocenters. The first kappa shape index (κ1) is 13.5. The highest BCUT2D eigenvalue weighted by Crippen LogP contribution is 2.46. The Balaban J connectivity index is 2.57. The van der Waals surface area contributed by atoms with Gasteiger partial charge in [0.2, 0.25) is 11.8 Å². The van der Waals surface area contributed by atoms with Gasteiger partial charge in [-0.1, -0.05) is 0 Å². The molecule has 0 bridgehead atoms. The molecule has 0 saturated heterocycles. The van der Waals surface area contributed by atoms with Crippen LogP contribution in [0, 0.1) is 10.8 Å². The van der Waals surface area contributed by atoms with Crippen LogP contribution in [-0.2, 0) is 14.4 Å². The predicted octanol–water partition coefficient (Wildman–Crippen LogP) is -0.260. The van der Waals surface area contributed by atoms with Gasteiger partial charge in [-0.25, -0.2) is 0 Å². The van der Waals surface area contributed by atoms with E-state index in [1.807, 2.05) is 0 Å². The van der Waals surface area contributed by atoms with Crippen molar-refractivity contribution in [2.75, 3.05) is 13.6 Å². The number of nitrogens with one attached hydrogen (secondary N) is 2. The van der Waals surface area contributed by atoms with Gasteiger partial charge < -0.3 is 15.7 Å². The van der Waals surface area contributed by atoms with E-state index in [1.54, 1.807) is 0 Å². The highest BCUT2D eigenvalue weighted by atomic mass is 16.4. The Morgan fingerprint density at radius 1 is 1.24 bits per heavy atom. The van der Waals surface area contributed by atoms with Crippen molar-refractivity contribution < 1.29 is 19.5 Å². The number of carbonyl (C=O) groups excluding carboxylic acids is 2. The molecule has 0 aromatic carbocycles. The Morgan fingerprint density at radius 3 is 2.12 bits per heavy atom. The number of carboxylic acids is 1. The van der Waals surface area contributed by atoms with E-state index in [0.717, 1.165) is 0 Å². The maximum absolute atomic E-state index is 11.8. The summed E-state index contributed by atoms with van der Waals surface area (Å²) in [5.74, 6) is -1.67. The molecule has 0 heterocycles. The van der Waals surface area contributed by atoms with Crippen LogP contribution in [0.2, 0.25) is 0 Å². The fraction of sp³-hybridized carbons (Fsp3) is 0.727. The minimum absolute atomic E-state index is 0.0138. The highest BCUT2D eigenvalue weighted by molar-refractivity contribution is 6.07. The molecule has 96 valence electrons. The van der Waals surface area contributed by atoms with Crippen molar-refractivity contribution in [3.05, 3.63) is 0 Å². The Kier molecular flexibility index (Phi) is 3.45. The molecular weight excluding hydrogens is 224 g/mol. The summed E-state index contributed by atoms with van der Waals surface area (Å²) in [7, 11) is 1.48. The van der Waals surface area contributed by atoms with Crippen LogP contribution >= 0.6 is 0 Å². The Labute approximate surface area is 99.8 Å². The third-order valence-electron chi connectivity index (χ3n) is 3.12. The van der Waals surface area contributed by atoms with E-state index in [1.165, 1.54) is 20.9 Å². The molecule has 2 amide bonds. The van der Waals surface area contributed by atoms with Crippen molar-refractivity contribution in [3.8, 4) is 0 Å². The summed E-state index contributed by atoms with van der Waals surface area (Å²) in [5.41, 5.74) is -2.00. The van der Waals surface area contributed by atoms with Crippen molar-refractivity contribution in [3.63, 3.8) is 0 Å². The van der Waals surface area contributed by atoms with Crippen LogP contribution in [0.15, 0.2) is 0 Å². The Morgan fingerprint density at radius 2 is 1.76 bits per heavy atom. The summed E-state index contributed by atoms with van der Waals surface area (Å²) in [6.45, 7) is 3.06. The lowest BCUT2D eigenvalue weighted by atomic mass is 9.93. The number of amides is 2. The highest BCUT2D eigenvalue weighted by Gasteiger charge is 2.56. The molecule has 6 heteroatoms. The van der Waals surface area contributed by atoms with Crippen LogP contribution in [0.25, 0.3) is 0 Å². The summed E-state index contributed by atoms with van der Waals surface area (Å²) in [4.78, 5) is 34.2. The van der Waals surface area contributed by atoms with E-state index >= 15 is 0 Å². The molecule has 3 N–H and O–H groups in total. The second kappa shape index (κ2) is 4.35. The second-order valence-electron chi connectivity index (χ2n) is 5.03. The van der Waals surface area contributed by atoms with E-state index in [4.69, 9.17) is 5.11 Å². The van der Waals surface area contributed by atoms with Gasteiger partial charge >= 0.3 is 5.97 Å². The van der Waals surface area contributed by atoms with Crippen LogP contribution in [0.3, 0.4) is 0 Å². The summed E-state index contributed by atoms with van der Waals surface area (Å²) < 4.78 is 0. The normalized spacial score (nSPS) is 17.1. The SMILES string of the molecule is CNC(=O)C1(C(=O)NCC(C)(C)C(=O)O)CC1. The van der Waals surface area contributed by atoms with E-state index in [2.05, 4.69) is 10.6 Å². The summed E-state index contributed by atoms with van der Waals surface area (Å²) in [6, 6.07) is 0. The van der Waals surface area contributed by atoms with Crippen molar-refractivity contribution in [1.29, 1.82) is 0 Å². The lowest BCUT2D eigenvalue weighted by molar-refractivity contribution is -0.147. The maximum atomic E-state index is 11.8.